The lowest BCUT2D eigenvalue weighted by atomic mass is 10.1. The number of nitrogens with zero attached hydrogens (tertiary/aromatic N) is 5. The lowest BCUT2D eigenvalue weighted by Gasteiger charge is -2.04. The van der Waals surface area contributed by atoms with E-state index in [9.17, 15) is 4.79 Å². The molecule has 0 unspecified atom stereocenters. The predicted octanol–water partition coefficient (Wildman–Crippen LogP) is 4.19. The summed E-state index contributed by atoms with van der Waals surface area (Å²) in [6.45, 7) is 4.88. The average molecular weight is 439 g/mol. The van der Waals surface area contributed by atoms with Gasteiger partial charge < -0.3 is 5.32 Å². The quantitative estimate of drug-likeness (QED) is 0.506. The molecule has 28 heavy (non-hydrogen) atoms. The summed E-state index contributed by atoms with van der Waals surface area (Å²) in [6.07, 6.45) is 4.56. The molecule has 1 amide bonds. The van der Waals surface area contributed by atoms with E-state index >= 15 is 0 Å². The Bertz CT molecular complexity index is 1150. The maximum absolute atomic E-state index is 12.7. The number of halogens is 1. The molecule has 0 atom stereocenters. The summed E-state index contributed by atoms with van der Waals surface area (Å²) >= 11 is 3.55. The molecular weight excluding hydrogens is 420 g/mol. The van der Waals surface area contributed by atoms with Crippen molar-refractivity contribution in [1.29, 1.82) is 0 Å². The molecule has 4 aromatic rings. The molecule has 8 heteroatoms. The van der Waals surface area contributed by atoms with Gasteiger partial charge in [0.1, 0.15) is 5.69 Å². The SMILES string of the molecule is CCc1ccc(NC(=O)c2cc3nccc(-c4nn(CC)cc4Br)n3n2)cc1. The Labute approximate surface area is 170 Å². The van der Waals surface area contributed by atoms with Crippen molar-refractivity contribution in [3.8, 4) is 11.4 Å². The summed E-state index contributed by atoms with van der Waals surface area (Å²) in [5.41, 5.74) is 4.34. The summed E-state index contributed by atoms with van der Waals surface area (Å²) in [4.78, 5) is 17.0. The van der Waals surface area contributed by atoms with Gasteiger partial charge in [-0.15, -0.1) is 0 Å². The molecular formula is C20H19BrN6O. The zero-order valence-electron chi connectivity index (χ0n) is 15.6. The van der Waals surface area contributed by atoms with Crippen LogP contribution in [0, 0.1) is 0 Å². The summed E-state index contributed by atoms with van der Waals surface area (Å²) in [5, 5.41) is 11.9. The molecule has 7 nitrogen and oxygen atoms in total. The van der Waals surface area contributed by atoms with Gasteiger partial charge in [0.15, 0.2) is 11.3 Å². The van der Waals surface area contributed by atoms with Crippen molar-refractivity contribution in [2.45, 2.75) is 26.8 Å². The number of nitrogens with one attached hydrogen (secondary N) is 1. The Morgan fingerprint density at radius 3 is 2.61 bits per heavy atom. The van der Waals surface area contributed by atoms with Crippen molar-refractivity contribution in [3.05, 3.63) is 64.5 Å². The first kappa shape index (κ1) is 18.4. The van der Waals surface area contributed by atoms with Crippen LogP contribution in [0.4, 0.5) is 5.69 Å². The van der Waals surface area contributed by atoms with Crippen LogP contribution in [-0.2, 0) is 13.0 Å². The van der Waals surface area contributed by atoms with Crippen LogP contribution in [0.2, 0.25) is 0 Å². The first-order valence-electron chi connectivity index (χ1n) is 9.07. The average Bonchev–Trinajstić information content (AvgIpc) is 3.31. The zero-order chi connectivity index (χ0) is 19.7. The fourth-order valence-electron chi connectivity index (χ4n) is 2.94. The van der Waals surface area contributed by atoms with Crippen LogP contribution in [0.5, 0.6) is 0 Å². The summed E-state index contributed by atoms with van der Waals surface area (Å²) in [5.74, 6) is -0.279. The number of carbonyl (C=O) groups is 1. The van der Waals surface area contributed by atoms with E-state index in [1.807, 2.05) is 48.1 Å². The molecule has 0 spiro atoms. The third-order valence-corrected chi connectivity index (χ3v) is 5.07. The van der Waals surface area contributed by atoms with Crippen molar-refractivity contribution < 1.29 is 4.79 Å². The van der Waals surface area contributed by atoms with Crippen molar-refractivity contribution >= 4 is 33.2 Å². The molecule has 142 valence electrons. The van der Waals surface area contributed by atoms with Crippen LogP contribution in [0.3, 0.4) is 0 Å². The molecule has 0 aliphatic heterocycles. The second-order valence-corrected chi connectivity index (χ2v) is 7.17. The standard InChI is InChI=1S/C20H19BrN6O/c1-3-13-5-7-14(8-6-13)23-20(28)16-11-18-22-10-9-17(27(18)24-16)19-15(21)12-26(4-2)25-19/h5-12H,3-4H2,1-2H3,(H,23,28). The monoisotopic (exact) mass is 438 g/mol. The van der Waals surface area contributed by atoms with Crippen LogP contribution in [0.1, 0.15) is 29.9 Å². The summed E-state index contributed by atoms with van der Waals surface area (Å²) in [7, 11) is 0. The number of benzene rings is 1. The molecule has 0 saturated heterocycles. The van der Waals surface area contributed by atoms with Crippen LogP contribution in [0.15, 0.2) is 53.3 Å². The second kappa shape index (κ2) is 7.55. The van der Waals surface area contributed by atoms with E-state index in [1.54, 1.807) is 16.8 Å². The molecule has 0 bridgehead atoms. The van der Waals surface area contributed by atoms with Crippen molar-refractivity contribution in [1.82, 2.24) is 24.4 Å². The van der Waals surface area contributed by atoms with E-state index in [1.165, 1.54) is 5.56 Å². The molecule has 0 fully saturated rings. The molecule has 3 heterocycles. The highest BCUT2D eigenvalue weighted by molar-refractivity contribution is 9.10. The topological polar surface area (TPSA) is 77.1 Å². The minimum atomic E-state index is -0.279. The number of hydrogen-bond donors (Lipinski definition) is 1. The van der Waals surface area contributed by atoms with E-state index in [0.717, 1.165) is 34.5 Å². The molecule has 0 saturated carbocycles. The van der Waals surface area contributed by atoms with Gasteiger partial charge in [-0.25, -0.2) is 9.50 Å². The van der Waals surface area contributed by atoms with E-state index in [4.69, 9.17) is 0 Å². The summed E-state index contributed by atoms with van der Waals surface area (Å²) < 4.78 is 4.34. The fourth-order valence-corrected chi connectivity index (χ4v) is 3.46. The Morgan fingerprint density at radius 1 is 1.14 bits per heavy atom. The number of rotatable bonds is 5. The highest BCUT2D eigenvalue weighted by Crippen LogP contribution is 2.27. The third kappa shape index (κ3) is 3.43. The van der Waals surface area contributed by atoms with Gasteiger partial charge in [-0.2, -0.15) is 10.2 Å². The lowest BCUT2D eigenvalue weighted by Crippen LogP contribution is -2.12. The van der Waals surface area contributed by atoms with Crippen LogP contribution < -0.4 is 5.32 Å². The smallest absolute Gasteiger partial charge is 0.276 e. The number of aromatic nitrogens is 5. The van der Waals surface area contributed by atoms with E-state index < -0.39 is 0 Å². The highest BCUT2D eigenvalue weighted by Gasteiger charge is 2.17. The number of hydrogen-bond acceptors (Lipinski definition) is 4. The molecule has 0 radical (unpaired) electrons. The third-order valence-electron chi connectivity index (χ3n) is 4.49. The van der Waals surface area contributed by atoms with Gasteiger partial charge in [0, 0.05) is 30.7 Å². The Morgan fingerprint density at radius 2 is 1.93 bits per heavy atom. The van der Waals surface area contributed by atoms with Gasteiger partial charge in [0.05, 0.1) is 10.2 Å². The first-order chi connectivity index (χ1) is 13.6. The van der Waals surface area contributed by atoms with Crippen molar-refractivity contribution in [3.63, 3.8) is 0 Å². The second-order valence-electron chi connectivity index (χ2n) is 6.32. The van der Waals surface area contributed by atoms with Gasteiger partial charge in [-0.1, -0.05) is 19.1 Å². The molecule has 4 rings (SSSR count). The van der Waals surface area contributed by atoms with E-state index in [2.05, 4.69) is 43.4 Å². The van der Waals surface area contributed by atoms with Crippen molar-refractivity contribution in [2.24, 2.45) is 0 Å². The Hall–Kier alpha value is -3.00. The molecule has 3 aromatic heterocycles. The van der Waals surface area contributed by atoms with Crippen LogP contribution in [0.25, 0.3) is 17.0 Å². The Kier molecular flexibility index (Phi) is 4.95. The van der Waals surface area contributed by atoms with Gasteiger partial charge in [-0.05, 0) is 53.0 Å². The van der Waals surface area contributed by atoms with Crippen molar-refractivity contribution in [2.75, 3.05) is 5.32 Å². The number of carbonyl (C=O) groups excluding carboxylic acids is 1. The number of aryl methyl sites for hydroxylation is 2. The van der Waals surface area contributed by atoms with Gasteiger partial charge in [0.25, 0.3) is 5.91 Å². The fraction of sp³-hybridized carbons (Fsp3) is 0.200. The Balaban J connectivity index is 1.67. The van der Waals surface area contributed by atoms with Gasteiger partial charge in [-0.3, -0.25) is 9.48 Å². The zero-order valence-corrected chi connectivity index (χ0v) is 17.1. The van der Waals surface area contributed by atoms with Crippen LogP contribution in [-0.4, -0.2) is 30.3 Å². The lowest BCUT2D eigenvalue weighted by molar-refractivity contribution is 0.102. The number of fused-ring (bicyclic) bond motifs is 1. The first-order valence-corrected chi connectivity index (χ1v) is 9.86. The molecule has 1 N–H and O–H groups in total. The molecule has 1 aromatic carbocycles. The molecule has 0 aliphatic carbocycles. The number of anilines is 1. The van der Waals surface area contributed by atoms with Gasteiger partial charge >= 0.3 is 0 Å². The minimum absolute atomic E-state index is 0.279. The largest absolute Gasteiger partial charge is 0.321 e. The summed E-state index contributed by atoms with van der Waals surface area (Å²) in [6, 6.07) is 11.3. The van der Waals surface area contributed by atoms with E-state index in [-0.39, 0.29) is 5.91 Å². The minimum Gasteiger partial charge on any atom is -0.321 e. The maximum Gasteiger partial charge on any atom is 0.276 e. The predicted molar refractivity (Wildman–Crippen MR) is 111 cm³/mol. The number of amides is 1. The van der Waals surface area contributed by atoms with Crippen LogP contribution >= 0.6 is 15.9 Å². The van der Waals surface area contributed by atoms with Gasteiger partial charge in [0.2, 0.25) is 0 Å². The van der Waals surface area contributed by atoms with E-state index in [0.29, 0.717) is 11.3 Å². The highest BCUT2D eigenvalue weighted by atomic mass is 79.9. The molecule has 0 aliphatic rings. The maximum atomic E-state index is 12.7. The normalized spacial score (nSPS) is 11.1.